The molecule has 0 saturated heterocycles. The van der Waals surface area contributed by atoms with Crippen LogP contribution in [0, 0.1) is 0 Å². The molecule has 2 N–H and O–H groups in total. The highest BCUT2D eigenvalue weighted by Gasteiger charge is 2.13. The van der Waals surface area contributed by atoms with Crippen molar-refractivity contribution in [3.63, 3.8) is 0 Å². The van der Waals surface area contributed by atoms with Gasteiger partial charge in [-0.05, 0) is 61.0 Å². The number of halogens is 1. The Hall–Kier alpha value is -4.17. The van der Waals surface area contributed by atoms with Crippen molar-refractivity contribution in [1.29, 1.82) is 0 Å². The summed E-state index contributed by atoms with van der Waals surface area (Å²) in [4.78, 5) is 36.4. The van der Waals surface area contributed by atoms with Crippen LogP contribution in [0.3, 0.4) is 0 Å². The molecule has 3 aromatic rings. The molecule has 34 heavy (non-hydrogen) atoms. The van der Waals surface area contributed by atoms with Gasteiger partial charge in [0.2, 0.25) is 0 Å². The van der Waals surface area contributed by atoms with Gasteiger partial charge in [0, 0.05) is 10.6 Å². The van der Waals surface area contributed by atoms with E-state index in [0.717, 1.165) is 0 Å². The number of ether oxygens (including phenoxy) is 2. The summed E-state index contributed by atoms with van der Waals surface area (Å²) in [5, 5.41) is 6.80. The second kappa shape index (κ2) is 12.2. The van der Waals surface area contributed by atoms with Gasteiger partial charge in [-0.3, -0.25) is 9.59 Å². The van der Waals surface area contributed by atoms with Crippen molar-refractivity contribution in [2.24, 2.45) is 5.10 Å². The van der Waals surface area contributed by atoms with Gasteiger partial charge < -0.3 is 14.8 Å². The van der Waals surface area contributed by atoms with E-state index in [4.69, 9.17) is 21.1 Å². The van der Waals surface area contributed by atoms with Crippen LogP contribution in [-0.4, -0.2) is 37.1 Å². The SMILES string of the molecule is CCOc1cc(/C=N/NC(=O)CNC(=O)c2cccc(Cl)c2)ccc1OC(=O)c1ccccc1. The standard InChI is InChI=1S/C25H22ClN3O5/c1-2-33-22-13-17(11-12-21(22)34-25(32)18-7-4-3-5-8-18)15-28-29-23(30)16-27-24(31)19-9-6-10-20(26)14-19/h3-15H,2,16H2,1H3,(H,27,31)(H,29,30)/b28-15+. The number of carbonyl (C=O) groups is 3. The normalized spacial score (nSPS) is 10.5. The second-order valence-corrected chi connectivity index (χ2v) is 7.32. The third-order valence-electron chi connectivity index (χ3n) is 4.38. The number of benzene rings is 3. The fourth-order valence-corrected chi connectivity index (χ4v) is 2.99. The summed E-state index contributed by atoms with van der Waals surface area (Å²) >= 11 is 5.86. The Bertz CT molecular complexity index is 1200. The molecule has 3 aromatic carbocycles. The van der Waals surface area contributed by atoms with Crippen molar-refractivity contribution in [2.45, 2.75) is 6.92 Å². The van der Waals surface area contributed by atoms with Gasteiger partial charge in [0.05, 0.1) is 24.9 Å². The van der Waals surface area contributed by atoms with Gasteiger partial charge >= 0.3 is 5.97 Å². The second-order valence-electron chi connectivity index (χ2n) is 6.88. The lowest BCUT2D eigenvalue weighted by Crippen LogP contribution is -2.34. The summed E-state index contributed by atoms with van der Waals surface area (Å²) in [5.74, 6) is -0.819. The molecule has 0 aromatic heterocycles. The van der Waals surface area contributed by atoms with E-state index in [9.17, 15) is 14.4 Å². The lowest BCUT2D eigenvalue weighted by atomic mass is 10.2. The molecule has 9 heteroatoms. The summed E-state index contributed by atoms with van der Waals surface area (Å²) in [7, 11) is 0. The number of hydrogen-bond donors (Lipinski definition) is 2. The first kappa shape index (κ1) is 24.5. The predicted octanol–water partition coefficient (Wildman–Crippen LogP) is 3.84. The van der Waals surface area contributed by atoms with E-state index in [0.29, 0.717) is 34.1 Å². The zero-order valence-corrected chi connectivity index (χ0v) is 19.0. The van der Waals surface area contributed by atoms with Gasteiger partial charge in [-0.15, -0.1) is 0 Å². The number of esters is 1. The van der Waals surface area contributed by atoms with E-state index >= 15 is 0 Å². The maximum atomic E-state index is 12.3. The topological polar surface area (TPSA) is 106 Å². The van der Waals surface area contributed by atoms with Crippen LogP contribution in [0.1, 0.15) is 33.2 Å². The van der Waals surface area contributed by atoms with Crippen molar-refractivity contribution in [2.75, 3.05) is 13.2 Å². The van der Waals surface area contributed by atoms with Gasteiger partial charge in [0.25, 0.3) is 11.8 Å². The molecule has 8 nitrogen and oxygen atoms in total. The van der Waals surface area contributed by atoms with Crippen LogP contribution in [0.25, 0.3) is 0 Å². The van der Waals surface area contributed by atoms with Crippen molar-refractivity contribution in [1.82, 2.24) is 10.7 Å². The molecule has 0 aliphatic heterocycles. The smallest absolute Gasteiger partial charge is 0.343 e. The van der Waals surface area contributed by atoms with Crippen molar-refractivity contribution < 1.29 is 23.9 Å². The Morgan fingerprint density at radius 3 is 2.44 bits per heavy atom. The zero-order chi connectivity index (χ0) is 24.3. The number of nitrogens with zero attached hydrogens (tertiary/aromatic N) is 1. The number of hydrazone groups is 1. The van der Waals surface area contributed by atoms with E-state index in [2.05, 4.69) is 15.8 Å². The molecular weight excluding hydrogens is 458 g/mol. The lowest BCUT2D eigenvalue weighted by Gasteiger charge is -2.11. The Morgan fingerprint density at radius 2 is 1.71 bits per heavy atom. The van der Waals surface area contributed by atoms with E-state index in [1.807, 2.05) is 13.0 Å². The number of nitrogens with one attached hydrogen (secondary N) is 2. The first-order chi connectivity index (χ1) is 16.5. The first-order valence-electron chi connectivity index (χ1n) is 10.4. The average Bonchev–Trinajstić information content (AvgIpc) is 2.84. The maximum absolute atomic E-state index is 12.3. The fourth-order valence-electron chi connectivity index (χ4n) is 2.80. The van der Waals surface area contributed by atoms with Gasteiger partial charge in [-0.1, -0.05) is 35.9 Å². The number of carbonyl (C=O) groups excluding carboxylic acids is 3. The molecule has 0 aliphatic carbocycles. The van der Waals surface area contributed by atoms with E-state index < -0.39 is 17.8 Å². The molecule has 2 amide bonds. The van der Waals surface area contributed by atoms with Crippen LogP contribution in [0.4, 0.5) is 0 Å². The molecule has 0 atom stereocenters. The van der Waals surface area contributed by atoms with Gasteiger partial charge in [-0.2, -0.15) is 5.10 Å². The van der Waals surface area contributed by atoms with Gasteiger partial charge in [-0.25, -0.2) is 10.2 Å². The van der Waals surface area contributed by atoms with Crippen LogP contribution < -0.4 is 20.2 Å². The average molecular weight is 480 g/mol. The zero-order valence-electron chi connectivity index (χ0n) is 18.3. The predicted molar refractivity (Wildman–Crippen MR) is 129 cm³/mol. The number of rotatable bonds is 9. The summed E-state index contributed by atoms with van der Waals surface area (Å²) < 4.78 is 11.0. The van der Waals surface area contributed by atoms with E-state index in [1.165, 1.54) is 12.3 Å². The Labute approximate surface area is 201 Å². The van der Waals surface area contributed by atoms with Crippen LogP contribution in [0.5, 0.6) is 11.5 Å². The lowest BCUT2D eigenvalue weighted by molar-refractivity contribution is -0.120. The number of amides is 2. The minimum absolute atomic E-state index is 0.263. The first-order valence-corrected chi connectivity index (χ1v) is 10.7. The molecule has 0 fully saturated rings. The minimum atomic E-state index is -0.509. The molecule has 0 saturated carbocycles. The highest BCUT2D eigenvalue weighted by atomic mass is 35.5. The van der Waals surface area contributed by atoms with Crippen molar-refractivity contribution in [3.8, 4) is 11.5 Å². The molecule has 0 spiro atoms. The molecule has 0 bridgehead atoms. The van der Waals surface area contributed by atoms with Crippen molar-refractivity contribution >= 4 is 35.6 Å². The Morgan fingerprint density at radius 1 is 0.941 bits per heavy atom. The maximum Gasteiger partial charge on any atom is 0.343 e. The third-order valence-corrected chi connectivity index (χ3v) is 4.61. The molecule has 0 unspecified atom stereocenters. The van der Waals surface area contributed by atoms with Gasteiger partial charge in [0.15, 0.2) is 11.5 Å². The highest BCUT2D eigenvalue weighted by molar-refractivity contribution is 6.31. The molecule has 0 aliphatic rings. The van der Waals surface area contributed by atoms with Crippen molar-refractivity contribution in [3.05, 3.63) is 94.5 Å². The molecule has 0 radical (unpaired) electrons. The summed E-state index contributed by atoms with van der Waals surface area (Å²) in [6.45, 7) is 1.91. The Balaban J connectivity index is 1.56. The highest BCUT2D eigenvalue weighted by Crippen LogP contribution is 2.29. The number of hydrogen-bond acceptors (Lipinski definition) is 6. The molecular formula is C25H22ClN3O5. The van der Waals surface area contributed by atoms with E-state index in [-0.39, 0.29) is 12.3 Å². The van der Waals surface area contributed by atoms with Crippen LogP contribution >= 0.6 is 11.6 Å². The quantitative estimate of drug-likeness (QED) is 0.210. The van der Waals surface area contributed by atoms with Crippen LogP contribution in [0.2, 0.25) is 5.02 Å². The van der Waals surface area contributed by atoms with Crippen LogP contribution in [0.15, 0.2) is 77.9 Å². The Kier molecular flexibility index (Phi) is 8.76. The third kappa shape index (κ3) is 7.18. The molecule has 174 valence electrons. The largest absolute Gasteiger partial charge is 0.490 e. The molecule has 0 heterocycles. The minimum Gasteiger partial charge on any atom is -0.490 e. The molecule has 3 rings (SSSR count). The van der Waals surface area contributed by atoms with E-state index in [1.54, 1.807) is 60.7 Å². The van der Waals surface area contributed by atoms with Gasteiger partial charge in [0.1, 0.15) is 0 Å². The summed E-state index contributed by atoms with van der Waals surface area (Å²) in [6, 6.07) is 19.9. The monoisotopic (exact) mass is 479 g/mol. The van der Waals surface area contributed by atoms with Crippen LogP contribution in [-0.2, 0) is 4.79 Å². The summed E-state index contributed by atoms with van der Waals surface area (Å²) in [5.41, 5.74) is 3.70. The fraction of sp³-hybridized carbons (Fsp3) is 0.120. The summed E-state index contributed by atoms with van der Waals surface area (Å²) in [6.07, 6.45) is 1.40.